The molecule has 2 aromatic heterocycles. The first kappa shape index (κ1) is 10.7. The summed E-state index contributed by atoms with van der Waals surface area (Å²) in [6.07, 6.45) is 1.79. The number of hydrogen-bond acceptors (Lipinski definition) is 5. The van der Waals surface area contributed by atoms with Crippen molar-refractivity contribution in [2.24, 2.45) is 0 Å². The number of rotatable bonds is 3. The van der Waals surface area contributed by atoms with Gasteiger partial charge in [0, 0.05) is 6.20 Å². The van der Waals surface area contributed by atoms with Gasteiger partial charge in [-0.05, 0) is 17.5 Å². The van der Waals surface area contributed by atoms with E-state index >= 15 is 0 Å². The van der Waals surface area contributed by atoms with Crippen LogP contribution in [0.5, 0.6) is 0 Å². The molecule has 0 spiro atoms. The Balaban J connectivity index is 2.38. The zero-order valence-electron chi connectivity index (χ0n) is 8.07. The van der Waals surface area contributed by atoms with Gasteiger partial charge in [0.15, 0.2) is 0 Å². The molecule has 0 aliphatic rings. The van der Waals surface area contributed by atoms with E-state index in [0.29, 0.717) is 10.6 Å². The molecule has 5 nitrogen and oxygen atoms in total. The van der Waals surface area contributed by atoms with Crippen LogP contribution in [-0.2, 0) is 0 Å². The van der Waals surface area contributed by atoms with Crippen LogP contribution in [0, 0.1) is 0 Å². The molecule has 2 rings (SSSR count). The average Bonchev–Trinajstić information content (AvgIpc) is 2.78. The number of carbonyl (C=O) groups is 1. The highest BCUT2D eigenvalue weighted by Crippen LogP contribution is 2.28. The van der Waals surface area contributed by atoms with Crippen LogP contribution in [0.25, 0.3) is 0 Å². The molecule has 1 atom stereocenters. The van der Waals surface area contributed by atoms with Crippen molar-refractivity contribution in [1.82, 2.24) is 9.97 Å². The number of thiophene rings is 1. The van der Waals surface area contributed by atoms with Crippen LogP contribution in [0.2, 0.25) is 0 Å². The number of aliphatic hydroxyl groups excluding tert-OH is 1. The number of aliphatic hydroxyl groups is 1. The van der Waals surface area contributed by atoms with Crippen molar-refractivity contribution in [1.29, 1.82) is 0 Å². The molecule has 2 aromatic rings. The minimum atomic E-state index is -1.05. The highest BCUT2D eigenvalue weighted by Gasteiger charge is 2.20. The Morgan fingerprint density at radius 2 is 2.25 bits per heavy atom. The Kier molecular flexibility index (Phi) is 2.93. The molecule has 0 saturated heterocycles. The Morgan fingerprint density at radius 3 is 2.88 bits per heavy atom. The molecular weight excluding hydrogens is 228 g/mol. The minimum absolute atomic E-state index is 0.108. The monoisotopic (exact) mass is 236 g/mol. The number of carboxylic acids is 1. The largest absolute Gasteiger partial charge is 0.478 e. The molecular formula is C10H8N2O3S. The standard InChI is InChI=1S/C10H8N2O3S/c13-8(7-1-3-11-5-12-7)9-6(10(14)15)2-4-16-9/h1-5,8,13H,(H,14,15). The Bertz CT molecular complexity index is 498. The maximum absolute atomic E-state index is 10.9. The lowest BCUT2D eigenvalue weighted by atomic mass is 10.1. The van der Waals surface area contributed by atoms with Gasteiger partial charge in [0.2, 0.25) is 0 Å². The summed E-state index contributed by atoms with van der Waals surface area (Å²) in [5, 5.41) is 20.5. The molecule has 6 heteroatoms. The van der Waals surface area contributed by atoms with Crippen molar-refractivity contribution in [3.8, 4) is 0 Å². The molecule has 0 fully saturated rings. The second-order valence-corrected chi connectivity index (χ2v) is 3.99. The normalized spacial score (nSPS) is 12.3. The summed E-state index contributed by atoms with van der Waals surface area (Å²) in [6, 6.07) is 3.02. The SMILES string of the molecule is O=C(O)c1ccsc1C(O)c1ccncn1. The third-order valence-corrected chi connectivity index (χ3v) is 3.03. The summed E-state index contributed by atoms with van der Waals surface area (Å²) in [4.78, 5) is 18.9. The molecule has 0 bridgehead atoms. The lowest BCUT2D eigenvalue weighted by Crippen LogP contribution is -2.06. The number of aromatic nitrogens is 2. The first-order valence-electron chi connectivity index (χ1n) is 4.45. The van der Waals surface area contributed by atoms with Gasteiger partial charge in [0.25, 0.3) is 0 Å². The van der Waals surface area contributed by atoms with E-state index < -0.39 is 12.1 Å². The summed E-state index contributed by atoms with van der Waals surface area (Å²) in [5.74, 6) is -1.05. The fraction of sp³-hybridized carbons (Fsp3) is 0.100. The number of carboxylic acid groups (broad SMARTS) is 1. The highest BCUT2D eigenvalue weighted by atomic mass is 32.1. The van der Waals surface area contributed by atoms with Crippen molar-refractivity contribution < 1.29 is 15.0 Å². The molecule has 0 aliphatic heterocycles. The van der Waals surface area contributed by atoms with Crippen LogP contribution in [0.1, 0.15) is 27.0 Å². The van der Waals surface area contributed by atoms with Gasteiger partial charge >= 0.3 is 5.97 Å². The second-order valence-electron chi connectivity index (χ2n) is 3.04. The molecule has 0 saturated carbocycles. The van der Waals surface area contributed by atoms with Crippen LogP contribution in [0.15, 0.2) is 30.0 Å². The Labute approximate surface area is 95.0 Å². The van der Waals surface area contributed by atoms with E-state index in [9.17, 15) is 9.90 Å². The number of hydrogen-bond donors (Lipinski definition) is 2. The molecule has 2 heterocycles. The fourth-order valence-corrected chi connectivity index (χ4v) is 2.19. The molecule has 1 unspecified atom stereocenters. The molecule has 2 N–H and O–H groups in total. The van der Waals surface area contributed by atoms with Gasteiger partial charge in [-0.3, -0.25) is 0 Å². The lowest BCUT2D eigenvalue weighted by Gasteiger charge is -2.08. The smallest absolute Gasteiger partial charge is 0.336 e. The predicted octanol–water partition coefficient (Wildman–Crippen LogP) is 1.32. The van der Waals surface area contributed by atoms with Gasteiger partial charge in [-0.25, -0.2) is 14.8 Å². The summed E-state index contributed by atoms with van der Waals surface area (Å²) in [6.45, 7) is 0. The van der Waals surface area contributed by atoms with Gasteiger partial charge in [0.1, 0.15) is 12.4 Å². The van der Waals surface area contributed by atoms with E-state index in [1.54, 1.807) is 11.4 Å². The van der Waals surface area contributed by atoms with Gasteiger partial charge in [0.05, 0.1) is 16.1 Å². The van der Waals surface area contributed by atoms with Crippen LogP contribution >= 0.6 is 11.3 Å². The molecule has 0 aromatic carbocycles. The second kappa shape index (κ2) is 4.38. The topological polar surface area (TPSA) is 83.3 Å². The van der Waals surface area contributed by atoms with Gasteiger partial charge < -0.3 is 10.2 Å². The zero-order valence-corrected chi connectivity index (χ0v) is 8.89. The molecule has 0 amide bonds. The van der Waals surface area contributed by atoms with Crippen molar-refractivity contribution in [3.05, 3.63) is 46.2 Å². The first-order chi connectivity index (χ1) is 7.70. The van der Waals surface area contributed by atoms with E-state index in [1.165, 1.54) is 29.9 Å². The van der Waals surface area contributed by atoms with Gasteiger partial charge in [-0.15, -0.1) is 11.3 Å². The van der Waals surface area contributed by atoms with Crippen molar-refractivity contribution >= 4 is 17.3 Å². The van der Waals surface area contributed by atoms with Crippen molar-refractivity contribution in [2.45, 2.75) is 6.10 Å². The zero-order chi connectivity index (χ0) is 11.5. The first-order valence-corrected chi connectivity index (χ1v) is 5.32. The van der Waals surface area contributed by atoms with E-state index in [1.807, 2.05) is 0 Å². The maximum Gasteiger partial charge on any atom is 0.336 e. The Morgan fingerprint density at radius 1 is 1.44 bits per heavy atom. The van der Waals surface area contributed by atoms with E-state index in [2.05, 4.69) is 9.97 Å². The van der Waals surface area contributed by atoms with Gasteiger partial charge in [-0.1, -0.05) is 0 Å². The van der Waals surface area contributed by atoms with Crippen molar-refractivity contribution in [2.75, 3.05) is 0 Å². The summed E-state index contributed by atoms with van der Waals surface area (Å²) < 4.78 is 0. The molecule has 82 valence electrons. The minimum Gasteiger partial charge on any atom is -0.478 e. The lowest BCUT2D eigenvalue weighted by molar-refractivity contribution is 0.0692. The number of nitrogens with zero attached hydrogens (tertiary/aromatic N) is 2. The fourth-order valence-electron chi connectivity index (χ4n) is 1.31. The average molecular weight is 236 g/mol. The highest BCUT2D eigenvalue weighted by molar-refractivity contribution is 7.10. The number of aromatic carboxylic acids is 1. The predicted molar refractivity (Wildman–Crippen MR) is 57.4 cm³/mol. The summed E-state index contributed by atoms with van der Waals surface area (Å²) in [5.41, 5.74) is 0.496. The van der Waals surface area contributed by atoms with E-state index in [4.69, 9.17) is 5.11 Å². The molecule has 0 radical (unpaired) electrons. The summed E-state index contributed by atoms with van der Waals surface area (Å²) in [7, 11) is 0. The quantitative estimate of drug-likeness (QED) is 0.839. The van der Waals surface area contributed by atoms with E-state index in [-0.39, 0.29) is 5.56 Å². The molecule has 0 aliphatic carbocycles. The van der Waals surface area contributed by atoms with Crippen LogP contribution in [0.3, 0.4) is 0 Å². The van der Waals surface area contributed by atoms with Gasteiger partial charge in [-0.2, -0.15) is 0 Å². The van der Waals surface area contributed by atoms with Crippen LogP contribution in [-0.4, -0.2) is 26.2 Å². The van der Waals surface area contributed by atoms with Crippen LogP contribution in [0.4, 0.5) is 0 Å². The third kappa shape index (κ3) is 1.93. The van der Waals surface area contributed by atoms with Crippen LogP contribution < -0.4 is 0 Å². The summed E-state index contributed by atoms with van der Waals surface area (Å²) >= 11 is 1.19. The van der Waals surface area contributed by atoms with Crippen molar-refractivity contribution in [3.63, 3.8) is 0 Å². The molecule has 16 heavy (non-hydrogen) atoms. The Hall–Kier alpha value is -1.79. The van der Waals surface area contributed by atoms with E-state index in [0.717, 1.165) is 0 Å². The maximum atomic E-state index is 10.9. The third-order valence-electron chi connectivity index (χ3n) is 2.06.